The van der Waals surface area contributed by atoms with Gasteiger partial charge in [-0.3, -0.25) is 11.7 Å². The van der Waals surface area contributed by atoms with Crippen molar-refractivity contribution in [3.8, 4) is 6.07 Å². The first kappa shape index (κ1) is 22.5. The number of rotatable bonds is 13. The van der Waals surface area contributed by atoms with Crippen LogP contribution in [-0.4, -0.2) is 46.6 Å². The molecule has 0 amide bonds. The van der Waals surface area contributed by atoms with Gasteiger partial charge < -0.3 is 24.7 Å². The molecule has 0 bridgehead atoms. The van der Waals surface area contributed by atoms with Crippen molar-refractivity contribution >= 4 is 0 Å². The molecule has 0 aliphatic rings. The standard InChI is InChI=1S/C13H26N2O4.H4N2/c1-3-16-11-18-7-5-13(9-14,10-15)6-8-19-12-17-4-2;1-2/h3-9,11-12,14H2,1-2H3;1-2H2. The van der Waals surface area contributed by atoms with Gasteiger partial charge in [-0.1, -0.05) is 0 Å². The first-order valence-corrected chi connectivity index (χ1v) is 7.00. The van der Waals surface area contributed by atoms with Gasteiger partial charge in [-0.25, -0.2) is 0 Å². The van der Waals surface area contributed by atoms with Crippen molar-refractivity contribution in [1.29, 1.82) is 5.26 Å². The molecule has 0 aliphatic carbocycles. The lowest BCUT2D eigenvalue weighted by Crippen LogP contribution is -2.32. The zero-order valence-corrected chi connectivity index (χ0v) is 13.2. The highest BCUT2D eigenvalue weighted by Crippen LogP contribution is 2.24. The molecule has 0 radical (unpaired) electrons. The number of hydrazine groups is 1. The fourth-order valence-electron chi connectivity index (χ4n) is 1.42. The third-order valence-electron chi connectivity index (χ3n) is 2.82. The van der Waals surface area contributed by atoms with Crippen LogP contribution in [0.15, 0.2) is 0 Å². The molecule has 21 heavy (non-hydrogen) atoms. The topological polar surface area (TPSA) is 139 Å². The average molecular weight is 306 g/mol. The molecule has 0 atom stereocenters. The average Bonchev–Trinajstić information content (AvgIpc) is 2.54. The Kier molecular flexibility index (Phi) is 18.5. The summed E-state index contributed by atoms with van der Waals surface area (Å²) in [6.07, 6.45) is 1.15. The molecule has 126 valence electrons. The highest BCUT2D eigenvalue weighted by atomic mass is 16.7. The first-order chi connectivity index (χ1) is 10.2. The lowest BCUT2D eigenvalue weighted by Gasteiger charge is -2.24. The second-order valence-electron chi connectivity index (χ2n) is 4.13. The van der Waals surface area contributed by atoms with Crippen LogP contribution in [0.1, 0.15) is 26.7 Å². The summed E-state index contributed by atoms with van der Waals surface area (Å²) in [6.45, 7) is 6.74. The van der Waals surface area contributed by atoms with E-state index in [0.29, 0.717) is 45.8 Å². The van der Waals surface area contributed by atoms with E-state index in [-0.39, 0.29) is 13.6 Å². The van der Waals surface area contributed by atoms with E-state index in [2.05, 4.69) is 17.8 Å². The fraction of sp³-hybridized carbons (Fsp3) is 0.923. The summed E-state index contributed by atoms with van der Waals surface area (Å²) < 4.78 is 20.7. The minimum absolute atomic E-state index is 0.253. The van der Waals surface area contributed by atoms with E-state index in [1.54, 1.807) is 0 Å². The van der Waals surface area contributed by atoms with Gasteiger partial charge in [-0.05, 0) is 26.7 Å². The molecule has 0 aromatic rings. The van der Waals surface area contributed by atoms with E-state index in [4.69, 9.17) is 24.7 Å². The van der Waals surface area contributed by atoms with Crippen LogP contribution >= 0.6 is 0 Å². The Morgan fingerprint density at radius 3 is 1.62 bits per heavy atom. The Bertz CT molecular complexity index is 235. The van der Waals surface area contributed by atoms with Crippen LogP contribution in [0.2, 0.25) is 0 Å². The third-order valence-corrected chi connectivity index (χ3v) is 2.82. The highest BCUT2D eigenvalue weighted by Gasteiger charge is 2.28. The van der Waals surface area contributed by atoms with E-state index in [9.17, 15) is 5.26 Å². The minimum atomic E-state index is -0.599. The van der Waals surface area contributed by atoms with Gasteiger partial charge in [0.05, 0.1) is 24.7 Å². The first-order valence-electron chi connectivity index (χ1n) is 7.00. The van der Waals surface area contributed by atoms with Crippen LogP contribution in [0.3, 0.4) is 0 Å². The van der Waals surface area contributed by atoms with Gasteiger partial charge in [-0.2, -0.15) is 5.26 Å². The van der Waals surface area contributed by atoms with E-state index in [1.807, 2.05) is 13.8 Å². The number of nitriles is 1. The third kappa shape index (κ3) is 12.6. The van der Waals surface area contributed by atoms with E-state index < -0.39 is 5.41 Å². The van der Waals surface area contributed by atoms with Crippen molar-refractivity contribution < 1.29 is 18.9 Å². The maximum atomic E-state index is 9.28. The summed E-state index contributed by atoms with van der Waals surface area (Å²) in [5.74, 6) is 8.00. The SMILES string of the molecule is CCOCOCCC(C#N)(CN)CCOCOCC.NN. The largest absolute Gasteiger partial charge is 0.356 e. The van der Waals surface area contributed by atoms with Crippen LogP contribution < -0.4 is 17.4 Å². The van der Waals surface area contributed by atoms with Gasteiger partial charge in [0, 0.05) is 19.8 Å². The number of hydrogen-bond acceptors (Lipinski definition) is 8. The Morgan fingerprint density at radius 2 is 1.33 bits per heavy atom. The molecule has 8 heteroatoms. The second-order valence-corrected chi connectivity index (χ2v) is 4.13. The molecule has 0 saturated carbocycles. The molecular formula is C13H30N4O4. The Hall–Kier alpha value is -0.790. The highest BCUT2D eigenvalue weighted by molar-refractivity contribution is 4.99. The zero-order valence-electron chi connectivity index (χ0n) is 13.2. The quantitative estimate of drug-likeness (QED) is 0.188. The number of hydrogen-bond donors (Lipinski definition) is 3. The predicted octanol–water partition coefficient (Wildman–Crippen LogP) is 0.0753. The van der Waals surface area contributed by atoms with Crippen molar-refractivity contribution in [2.24, 2.45) is 22.8 Å². The van der Waals surface area contributed by atoms with Crippen molar-refractivity contribution in [2.45, 2.75) is 26.7 Å². The predicted molar refractivity (Wildman–Crippen MR) is 79.6 cm³/mol. The van der Waals surface area contributed by atoms with E-state index >= 15 is 0 Å². The summed E-state index contributed by atoms with van der Waals surface area (Å²) in [7, 11) is 0. The molecule has 0 unspecified atom stereocenters. The lowest BCUT2D eigenvalue weighted by atomic mass is 9.83. The Labute approximate surface area is 127 Å². The molecule has 0 fully saturated rings. The van der Waals surface area contributed by atoms with Crippen LogP contribution in [-0.2, 0) is 18.9 Å². The van der Waals surface area contributed by atoms with Gasteiger partial charge in [0.2, 0.25) is 0 Å². The van der Waals surface area contributed by atoms with Crippen LogP contribution in [0, 0.1) is 16.7 Å². The maximum absolute atomic E-state index is 9.28. The second kappa shape index (κ2) is 17.3. The Balaban J connectivity index is 0. The molecule has 0 aromatic heterocycles. The Morgan fingerprint density at radius 1 is 0.905 bits per heavy atom. The summed E-state index contributed by atoms with van der Waals surface area (Å²) in [5, 5.41) is 9.28. The summed E-state index contributed by atoms with van der Waals surface area (Å²) in [5.41, 5.74) is 5.11. The lowest BCUT2D eigenvalue weighted by molar-refractivity contribution is -0.0644. The molecule has 6 N–H and O–H groups in total. The fourth-order valence-corrected chi connectivity index (χ4v) is 1.42. The number of ether oxygens (including phenoxy) is 4. The van der Waals surface area contributed by atoms with Gasteiger partial charge in [0.15, 0.2) is 0 Å². The van der Waals surface area contributed by atoms with Crippen LogP contribution in [0.25, 0.3) is 0 Å². The monoisotopic (exact) mass is 306 g/mol. The van der Waals surface area contributed by atoms with E-state index in [0.717, 1.165) is 0 Å². The van der Waals surface area contributed by atoms with Crippen LogP contribution in [0.5, 0.6) is 0 Å². The summed E-state index contributed by atoms with van der Waals surface area (Å²) in [6, 6.07) is 2.28. The van der Waals surface area contributed by atoms with Gasteiger partial charge in [-0.15, -0.1) is 0 Å². The molecule has 0 heterocycles. The normalized spacial score (nSPS) is 10.7. The summed E-state index contributed by atoms with van der Waals surface area (Å²) in [4.78, 5) is 0. The van der Waals surface area contributed by atoms with Crippen molar-refractivity contribution in [1.82, 2.24) is 0 Å². The molecule has 8 nitrogen and oxygen atoms in total. The van der Waals surface area contributed by atoms with Gasteiger partial charge >= 0.3 is 0 Å². The zero-order chi connectivity index (χ0) is 16.4. The van der Waals surface area contributed by atoms with Gasteiger partial charge in [0.1, 0.15) is 13.6 Å². The molecule has 0 aromatic carbocycles. The van der Waals surface area contributed by atoms with Gasteiger partial charge in [0.25, 0.3) is 0 Å². The molecule has 0 rings (SSSR count). The molecule has 0 spiro atoms. The summed E-state index contributed by atoms with van der Waals surface area (Å²) >= 11 is 0. The maximum Gasteiger partial charge on any atom is 0.146 e. The van der Waals surface area contributed by atoms with Crippen molar-refractivity contribution in [3.05, 3.63) is 0 Å². The molecule has 0 saturated heterocycles. The number of nitrogens with two attached hydrogens (primary N) is 3. The molecule has 0 aliphatic heterocycles. The van der Waals surface area contributed by atoms with E-state index in [1.165, 1.54) is 0 Å². The van der Waals surface area contributed by atoms with Crippen LogP contribution in [0.4, 0.5) is 0 Å². The number of nitrogens with zero attached hydrogens (tertiary/aromatic N) is 1. The molecular weight excluding hydrogens is 276 g/mol. The minimum Gasteiger partial charge on any atom is -0.356 e. The smallest absolute Gasteiger partial charge is 0.146 e. The van der Waals surface area contributed by atoms with Crippen molar-refractivity contribution in [3.63, 3.8) is 0 Å². The van der Waals surface area contributed by atoms with Crippen molar-refractivity contribution in [2.75, 3.05) is 46.6 Å².